The molecular formula is C12H10Cl2N2S. The van der Waals surface area contributed by atoms with E-state index in [9.17, 15) is 0 Å². The van der Waals surface area contributed by atoms with Gasteiger partial charge in [-0.2, -0.15) is 0 Å². The maximum Gasteiger partial charge on any atom is 0.0639 e. The topological polar surface area (TPSA) is 38.0 Å². The molecule has 0 aliphatic carbocycles. The van der Waals surface area contributed by atoms with E-state index in [0.29, 0.717) is 5.02 Å². The van der Waals surface area contributed by atoms with Crippen LogP contribution in [0.1, 0.15) is 0 Å². The monoisotopic (exact) mass is 284 g/mol. The second-order valence-electron chi connectivity index (χ2n) is 3.34. The minimum absolute atomic E-state index is 0.651. The fourth-order valence-corrected chi connectivity index (χ4v) is 2.52. The van der Waals surface area contributed by atoms with Crippen LogP contribution in [0.4, 0.5) is 5.69 Å². The highest BCUT2D eigenvalue weighted by Crippen LogP contribution is 2.35. The molecule has 0 saturated carbocycles. The average Bonchev–Trinajstić information content (AvgIpc) is 2.34. The van der Waals surface area contributed by atoms with Crippen LogP contribution >= 0.6 is 35.0 Å². The third-order valence-electron chi connectivity index (χ3n) is 2.14. The van der Waals surface area contributed by atoms with Crippen molar-refractivity contribution >= 4 is 40.7 Å². The van der Waals surface area contributed by atoms with Gasteiger partial charge in [-0.25, -0.2) is 0 Å². The smallest absolute Gasteiger partial charge is 0.0639 e. The van der Waals surface area contributed by atoms with E-state index < -0.39 is 0 Å². The summed E-state index contributed by atoms with van der Waals surface area (Å²) in [6, 6.07) is 13.2. The van der Waals surface area contributed by atoms with E-state index in [1.165, 1.54) is 0 Å². The molecule has 2 aromatic carbocycles. The molecule has 0 spiro atoms. The number of rotatable bonds is 3. The second kappa shape index (κ2) is 5.65. The lowest BCUT2D eigenvalue weighted by Gasteiger charge is -2.08. The Morgan fingerprint density at radius 2 is 1.59 bits per heavy atom. The molecule has 2 nitrogen and oxygen atoms in total. The van der Waals surface area contributed by atoms with E-state index in [1.54, 1.807) is 17.8 Å². The van der Waals surface area contributed by atoms with Crippen molar-refractivity contribution in [2.45, 2.75) is 9.79 Å². The van der Waals surface area contributed by atoms with Gasteiger partial charge in [0.15, 0.2) is 0 Å². The van der Waals surface area contributed by atoms with Gasteiger partial charge in [0.1, 0.15) is 0 Å². The lowest BCUT2D eigenvalue weighted by molar-refractivity contribution is 1.28. The molecule has 88 valence electrons. The Kier molecular flexibility index (Phi) is 4.18. The first-order valence-electron chi connectivity index (χ1n) is 4.88. The van der Waals surface area contributed by atoms with Crippen molar-refractivity contribution in [1.29, 1.82) is 0 Å². The molecule has 0 atom stereocenters. The molecule has 0 aromatic heterocycles. The Hall–Kier alpha value is -0.870. The number of nitrogen functional groups attached to an aromatic ring is 1. The Balaban J connectivity index is 2.26. The Morgan fingerprint density at radius 3 is 2.24 bits per heavy atom. The van der Waals surface area contributed by atoms with Crippen LogP contribution in [0.25, 0.3) is 0 Å². The van der Waals surface area contributed by atoms with E-state index in [1.807, 2.05) is 36.4 Å². The molecule has 5 heteroatoms. The molecule has 0 amide bonds. The van der Waals surface area contributed by atoms with Crippen LogP contribution in [0.15, 0.2) is 52.3 Å². The summed E-state index contributed by atoms with van der Waals surface area (Å²) in [7, 11) is 0. The minimum Gasteiger partial charge on any atom is -0.323 e. The number of nitrogens with one attached hydrogen (secondary N) is 1. The zero-order chi connectivity index (χ0) is 12.3. The van der Waals surface area contributed by atoms with Gasteiger partial charge in [0.05, 0.1) is 5.69 Å². The standard InChI is InChI=1S/C12H10Cl2N2S/c13-8-1-4-10(5-2-8)17-12-6-3-9(14)7-11(12)16-15/h1-7,16H,15H2. The maximum absolute atomic E-state index is 5.90. The normalized spacial score (nSPS) is 10.3. The van der Waals surface area contributed by atoms with E-state index in [0.717, 1.165) is 20.5 Å². The predicted molar refractivity (Wildman–Crippen MR) is 74.8 cm³/mol. The third kappa shape index (κ3) is 3.30. The number of nitrogens with two attached hydrogens (primary N) is 1. The van der Waals surface area contributed by atoms with Gasteiger partial charge in [0.25, 0.3) is 0 Å². The van der Waals surface area contributed by atoms with Crippen molar-refractivity contribution in [3.05, 3.63) is 52.5 Å². The molecule has 0 aliphatic rings. The zero-order valence-corrected chi connectivity index (χ0v) is 11.1. The van der Waals surface area contributed by atoms with Crippen LogP contribution < -0.4 is 11.3 Å². The van der Waals surface area contributed by atoms with Crippen LogP contribution in [0.2, 0.25) is 10.0 Å². The molecule has 0 saturated heterocycles. The Morgan fingerprint density at radius 1 is 0.941 bits per heavy atom. The first-order valence-corrected chi connectivity index (χ1v) is 6.46. The Labute approximate surface area is 114 Å². The molecule has 0 unspecified atom stereocenters. The molecule has 2 aromatic rings. The van der Waals surface area contributed by atoms with Gasteiger partial charge in [0.2, 0.25) is 0 Å². The molecule has 0 aliphatic heterocycles. The van der Waals surface area contributed by atoms with E-state index in [4.69, 9.17) is 29.0 Å². The fourth-order valence-electron chi connectivity index (χ4n) is 1.33. The van der Waals surface area contributed by atoms with E-state index in [2.05, 4.69) is 5.43 Å². The summed E-state index contributed by atoms with van der Waals surface area (Å²) in [6.07, 6.45) is 0. The maximum atomic E-state index is 5.90. The van der Waals surface area contributed by atoms with E-state index in [-0.39, 0.29) is 0 Å². The number of hydrogen-bond acceptors (Lipinski definition) is 3. The third-order valence-corrected chi connectivity index (χ3v) is 3.71. The van der Waals surface area contributed by atoms with Gasteiger partial charge in [0, 0.05) is 19.8 Å². The largest absolute Gasteiger partial charge is 0.323 e. The van der Waals surface area contributed by atoms with Crippen molar-refractivity contribution in [1.82, 2.24) is 0 Å². The molecule has 0 fully saturated rings. The predicted octanol–water partition coefficient (Wildman–Crippen LogP) is 4.43. The summed E-state index contributed by atoms with van der Waals surface area (Å²) in [5.74, 6) is 5.45. The quantitative estimate of drug-likeness (QED) is 0.647. The summed E-state index contributed by atoms with van der Waals surface area (Å²) in [5.41, 5.74) is 3.44. The molecule has 17 heavy (non-hydrogen) atoms. The minimum atomic E-state index is 0.651. The second-order valence-corrected chi connectivity index (χ2v) is 5.33. The summed E-state index contributed by atoms with van der Waals surface area (Å²) < 4.78 is 0. The number of halogens is 2. The van der Waals surface area contributed by atoms with Gasteiger partial charge < -0.3 is 5.43 Å². The van der Waals surface area contributed by atoms with Gasteiger partial charge >= 0.3 is 0 Å². The van der Waals surface area contributed by atoms with Gasteiger partial charge in [-0.3, -0.25) is 5.84 Å². The zero-order valence-electron chi connectivity index (χ0n) is 8.78. The number of hydrogen-bond donors (Lipinski definition) is 2. The molecule has 0 bridgehead atoms. The SMILES string of the molecule is NNc1cc(Cl)ccc1Sc1ccc(Cl)cc1. The molecule has 0 radical (unpaired) electrons. The Bertz CT molecular complexity index is 514. The molecule has 2 rings (SSSR count). The van der Waals surface area contributed by atoms with Crippen molar-refractivity contribution in [2.24, 2.45) is 5.84 Å². The van der Waals surface area contributed by atoms with Crippen molar-refractivity contribution in [3.8, 4) is 0 Å². The summed E-state index contributed by atoms with van der Waals surface area (Å²) in [5, 5.41) is 1.38. The highest BCUT2D eigenvalue weighted by atomic mass is 35.5. The molecule has 0 heterocycles. The van der Waals surface area contributed by atoms with Crippen molar-refractivity contribution in [3.63, 3.8) is 0 Å². The van der Waals surface area contributed by atoms with Crippen LogP contribution in [0.3, 0.4) is 0 Å². The fraction of sp³-hybridized carbons (Fsp3) is 0. The summed E-state index contributed by atoms with van der Waals surface area (Å²) >= 11 is 13.3. The summed E-state index contributed by atoms with van der Waals surface area (Å²) in [6.45, 7) is 0. The highest BCUT2D eigenvalue weighted by Gasteiger charge is 2.04. The average molecular weight is 285 g/mol. The van der Waals surface area contributed by atoms with Crippen LogP contribution in [0, 0.1) is 0 Å². The molecular weight excluding hydrogens is 275 g/mol. The van der Waals surface area contributed by atoms with Gasteiger partial charge in [-0.1, -0.05) is 35.0 Å². The number of hydrazine groups is 1. The summed E-state index contributed by atoms with van der Waals surface area (Å²) in [4.78, 5) is 2.10. The van der Waals surface area contributed by atoms with Crippen LogP contribution in [-0.4, -0.2) is 0 Å². The number of benzene rings is 2. The lowest BCUT2D eigenvalue weighted by Crippen LogP contribution is -2.07. The van der Waals surface area contributed by atoms with Gasteiger partial charge in [-0.05, 0) is 42.5 Å². The van der Waals surface area contributed by atoms with Gasteiger partial charge in [-0.15, -0.1) is 0 Å². The molecule has 3 N–H and O–H groups in total. The van der Waals surface area contributed by atoms with Crippen LogP contribution in [-0.2, 0) is 0 Å². The first kappa shape index (κ1) is 12.6. The van der Waals surface area contributed by atoms with E-state index >= 15 is 0 Å². The lowest BCUT2D eigenvalue weighted by atomic mass is 10.3. The highest BCUT2D eigenvalue weighted by molar-refractivity contribution is 7.99. The first-order chi connectivity index (χ1) is 8.19. The number of anilines is 1. The van der Waals surface area contributed by atoms with Crippen LogP contribution in [0.5, 0.6) is 0 Å². The van der Waals surface area contributed by atoms with Crippen molar-refractivity contribution in [2.75, 3.05) is 5.43 Å². The van der Waals surface area contributed by atoms with Crippen molar-refractivity contribution < 1.29 is 0 Å².